The van der Waals surface area contributed by atoms with Gasteiger partial charge in [-0.15, -0.1) is 11.8 Å². The van der Waals surface area contributed by atoms with Gasteiger partial charge >= 0.3 is 0 Å². The molecule has 1 aromatic heterocycles. The van der Waals surface area contributed by atoms with Crippen LogP contribution in [-0.4, -0.2) is 23.2 Å². The van der Waals surface area contributed by atoms with Crippen LogP contribution in [0.4, 0.5) is 5.69 Å². The normalized spacial score (nSPS) is 15.0. The van der Waals surface area contributed by atoms with Crippen LogP contribution in [0, 0.1) is 16.7 Å². The number of aromatic nitrogens is 1. The number of hydrogen-bond donors (Lipinski definition) is 0. The molecule has 1 aliphatic heterocycles. The van der Waals surface area contributed by atoms with Gasteiger partial charge in [0.2, 0.25) is 5.91 Å². The minimum absolute atomic E-state index is 0.158. The van der Waals surface area contributed by atoms with Gasteiger partial charge in [0, 0.05) is 18.5 Å². The first-order valence-corrected chi connectivity index (χ1v) is 6.36. The third-order valence-corrected chi connectivity index (χ3v) is 3.63. The SMILES string of the molecule is CC(C)(C#N)C(=O)N1CCSc2ncccc21. The van der Waals surface area contributed by atoms with E-state index in [1.54, 1.807) is 36.7 Å². The third kappa shape index (κ3) is 2.13. The van der Waals surface area contributed by atoms with Crippen molar-refractivity contribution >= 4 is 23.4 Å². The van der Waals surface area contributed by atoms with Gasteiger partial charge in [0.25, 0.3) is 0 Å². The number of carbonyl (C=O) groups excluding carboxylic acids is 1. The van der Waals surface area contributed by atoms with Crippen molar-refractivity contribution in [3.63, 3.8) is 0 Å². The summed E-state index contributed by atoms with van der Waals surface area (Å²) in [6.45, 7) is 3.92. The van der Waals surface area contributed by atoms with Crippen molar-refractivity contribution in [3.05, 3.63) is 18.3 Å². The summed E-state index contributed by atoms with van der Waals surface area (Å²) in [5.41, 5.74) is -0.174. The van der Waals surface area contributed by atoms with Crippen molar-refractivity contribution in [3.8, 4) is 6.07 Å². The maximum absolute atomic E-state index is 12.3. The minimum Gasteiger partial charge on any atom is -0.308 e. The Balaban J connectivity index is 2.37. The first kappa shape index (κ1) is 11.9. The van der Waals surface area contributed by atoms with Crippen LogP contribution in [0.3, 0.4) is 0 Å². The second-order valence-corrected chi connectivity index (χ2v) is 5.45. The molecule has 4 nitrogen and oxygen atoms in total. The van der Waals surface area contributed by atoms with E-state index in [2.05, 4.69) is 11.1 Å². The number of amides is 1. The topological polar surface area (TPSA) is 57.0 Å². The highest BCUT2D eigenvalue weighted by Gasteiger charge is 2.35. The molecule has 0 saturated heterocycles. The van der Waals surface area contributed by atoms with Crippen molar-refractivity contribution in [1.82, 2.24) is 4.98 Å². The zero-order valence-electron chi connectivity index (χ0n) is 9.80. The monoisotopic (exact) mass is 247 g/mol. The van der Waals surface area contributed by atoms with Crippen molar-refractivity contribution < 1.29 is 4.79 Å². The number of pyridine rings is 1. The molecule has 5 heteroatoms. The van der Waals surface area contributed by atoms with Gasteiger partial charge in [-0.25, -0.2) is 4.98 Å². The highest BCUT2D eigenvalue weighted by atomic mass is 32.2. The number of carbonyl (C=O) groups is 1. The molecule has 1 aliphatic rings. The van der Waals surface area contributed by atoms with E-state index in [0.29, 0.717) is 6.54 Å². The fourth-order valence-corrected chi connectivity index (χ4v) is 2.58. The Labute approximate surface area is 105 Å². The maximum Gasteiger partial charge on any atom is 0.246 e. The van der Waals surface area contributed by atoms with Gasteiger partial charge in [0.1, 0.15) is 10.4 Å². The summed E-state index contributed by atoms with van der Waals surface area (Å²) >= 11 is 1.64. The predicted molar refractivity (Wildman–Crippen MR) is 66.7 cm³/mol. The summed E-state index contributed by atoms with van der Waals surface area (Å²) < 4.78 is 0. The fraction of sp³-hybridized carbons (Fsp3) is 0.417. The predicted octanol–water partition coefficient (Wildman–Crippen LogP) is 2.07. The molecule has 2 rings (SSSR count). The van der Waals surface area contributed by atoms with Crippen molar-refractivity contribution in [2.24, 2.45) is 5.41 Å². The summed E-state index contributed by atoms with van der Waals surface area (Å²) in [6, 6.07) is 5.74. The zero-order valence-corrected chi connectivity index (χ0v) is 10.6. The molecule has 17 heavy (non-hydrogen) atoms. The Hall–Kier alpha value is -1.54. The number of rotatable bonds is 1. The minimum atomic E-state index is -0.991. The van der Waals surface area contributed by atoms with Gasteiger partial charge < -0.3 is 4.90 Å². The van der Waals surface area contributed by atoms with Gasteiger partial charge in [0.05, 0.1) is 11.8 Å². The number of anilines is 1. The van der Waals surface area contributed by atoms with E-state index in [1.807, 2.05) is 12.1 Å². The summed E-state index contributed by atoms with van der Waals surface area (Å²) in [4.78, 5) is 18.2. The summed E-state index contributed by atoms with van der Waals surface area (Å²) in [5, 5.41) is 9.89. The summed E-state index contributed by atoms with van der Waals surface area (Å²) in [5.74, 6) is 0.659. The van der Waals surface area contributed by atoms with E-state index in [0.717, 1.165) is 16.5 Å². The Kier molecular flexibility index (Phi) is 3.07. The van der Waals surface area contributed by atoms with E-state index >= 15 is 0 Å². The molecular weight excluding hydrogens is 234 g/mol. The Morgan fingerprint density at radius 3 is 3.12 bits per heavy atom. The van der Waals surface area contributed by atoms with Crippen LogP contribution >= 0.6 is 11.8 Å². The van der Waals surface area contributed by atoms with Crippen molar-refractivity contribution in [2.45, 2.75) is 18.9 Å². The highest BCUT2D eigenvalue weighted by Crippen LogP contribution is 2.34. The molecule has 0 aromatic carbocycles. The van der Waals surface area contributed by atoms with Crippen LogP contribution in [0.15, 0.2) is 23.4 Å². The first-order chi connectivity index (χ1) is 8.06. The van der Waals surface area contributed by atoms with Gasteiger partial charge in [-0.3, -0.25) is 4.79 Å². The standard InChI is InChI=1S/C12H13N3OS/c1-12(2,8-13)11(16)15-6-7-17-10-9(15)4-3-5-14-10/h3-5H,6-7H2,1-2H3. The molecule has 0 saturated carbocycles. The molecule has 0 radical (unpaired) electrons. The highest BCUT2D eigenvalue weighted by molar-refractivity contribution is 7.99. The Bertz CT molecular complexity index is 493. The van der Waals surface area contributed by atoms with Crippen LogP contribution in [0.25, 0.3) is 0 Å². The molecule has 0 spiro atoms. The van der Waals surface area contributed by atoms with E-state index in [1.165, 1.54) is 0 Å². The lowest BCUT2D eigenvalue weighted by molar-refractivity contribution is -0.124. The number of fused-ring (bicyclic) bond motifs is 1. The molecule has 1 amide bonds. The first-order valence-electron chi connectivity index (χ1n) is 5.37. The average molecular weight is 247 g/mol. The quantitative estimate of drug-likeness (QED) is 0.762. The number of thioether (sulfide) groups is 1. The van der Waals surface area contributed by atoms with Crippen molar-refractivity contribution in [2.75, 3.05) is 17.2 Å². The second kappa shape index (κ2) is 4.38. The lowest BCUT2D eigenvalue weighted by Crippen LogP contribution is -2.43. The van der Waals surface area contributed by atoms with Crippen LogP contribution < -0.4 is 4.90 Å². The lowest BCUT2D eigenvalue weighted by Gasteiger charge is -2.31. The lowest BCUT2D eigenvalue weighted by atomic mass is 9.93. The van der Waals surface area contributed by atoms with E-state index in [9.17, 15) is 4.79 Å². The third-order valence-electron chi connectivity index (χ3n) is 2.65. The van der Waals surface area contributed by atoms with Gasteiger partial charge in [-0.2, -0.15) is 5.26 Å². The Morgan fingerprint density at radius 1 is 1.65 bits per heavy atom. The molecule has 0 fully saturated rings. The smallest absolute Gasteiger partial charge is 0.246 e. The number of hydrogen-bond acceptors (Lipinski definition) is 4. The van der Waals surface area contributed by atoms with Gasteiger partial charge in [0.15, 0.2) is 0 Å². The summed E-state index contributed by atoms with van der Waals surface area (Å²) in [7, 11) is 0. The number of nitriles is 1. The van der Waals surface area contributed by atoms with Crippen LogP contribution in [0.5, 0.6) is 0 Å². The summed E-state index contributed by atoms with van der Waals surface area (Å²) in [6.07, 6.45) is 1.72. The largest absolute Gasteiger partial charge is 0.308 e. The van der Waals surface area contributed by atoms with Gasteiger partial charge in [-0.05, 0) is 26.0 Å². The van der Waals surface area contributed by atoms with Crippen LogP contribution in [0.1, 0.15) is 13.8 Å². The van der Waals surface area contributed by atoms with Gasteiger partial charge in [-0.1, -0.05) is 0 Å². The Morgan fingerprint density at radius 2 is 2.41 bits per heavy atom. The molecule has 0 bridgehead atoms. The maximum atomic E-state index is 12.3. The molecule has 2 heterocycles. The molecule has 1 aromatic rings. The average Bonchev–Trinajstić information content (AvgIpc) is 2.37. The molecule has 88 valence electrons. The molecule has 0 N–H and O–H groups in total. The molecule has 0 unspecified atom stereocenters. The molecule has 0 atom stereocenters. The number of nitrogens with zero attached hydrogens (tertiary/aromatic N) is 3. The van der Waals surface area contributed by atoms with E-state index < -0.39 is 5.41 Å². The van der Waals surface area contributed by atoms with E-state index in [-0.39, 0.29) is 5.91 Å². The molecule has 0 aliphatic carbocycles. The fourth-order valence-electron chi connectivity index (χ4n) is 1.65. The second-order valence-electron chi connectivity index (χ2n) is 4.37. The van der Waals surface area contributed by atoms with Crippen LogP contribution in [0.2, 0.25) is 0 Å². The van der Waals surface area contributed by atoms with Crippen LogP contribution in [-0.2, 0) is 4.79 Å². The zero-order chi connectivity index (χ0) is 12.5. The van der Waals surface area contributed by atoms with Crippen molar-refractivity contribution in [1.29, 1.82) is 5.26 Å². The van der Waals surface area contributed by atoms with E-state index in [4.69, 9.17) is 5.26 Å². The molecular formula is C12H13N3OS.